The van der Waals surface area contributed by atoms with Crippen molar-refractivity contribution < 1.29 is 49.3 Å². The molecule has 0 aromatic heterocycles. The van der Waals surface area contributed by atoms with Crippen LogP contribution in [0.5, 0.6) is 0 Å². The van der Waals surface area contributed by atoms with Crippen molar-refractivity contribution in [2.45, 2.75) is 397 Å². The Labute approximate surface area is 523 Å². The summed E-state index contributed by atoms with van der Waals surface area (Å²) >= 11 is 0. The van der Waals surface area contributed by atoms with Gasteiger partial charge in [-0.3, -0.25) is 9.59 Å². The van der Waals surface area contributed by atoms with Gasteiger partial charge in [-0.2, -0.15) is 0 Å². The highest BCUT2D eigenvalue weighted by Gasteiger charge is 2.47. The summed E-state index contributed by atoms with van der Waals surface area (Å²) in [6.45, 7) is 5.80. The summed E-state index contributed by atoms with van der Waals surface area (Å²) in [5.74, 6) is -1.18. The molecule has 1 fully saturated rings. The van der Waals surface area contributed by atoms with E-state index in [1.165, 1.54) is 231 Å². The minimum Gasteiger partial charge on any atom is -0.454 e. The first kappa shape index (κ1) is 80.6. The van der Waals surface area contributed by atoms with Crippen LogP contribution in [-0.2, 0) is 23.8 Å². The SMILES string of the molecule is CCCCC/C=C\C/C=C\CCCCCCCCCCCCC(O)C(=O)NC(COC1OC(CO)C(O)C(O)C1OC(=O)CCCCCCCCCCCCCCCCC/C=C/CCCCCCCC)C(O)/C=C/CCCCCCCCCCC. The number of esters is 1. The number of carbonyl (C=O) groups excluding carboxylic acids is 2. The number of unbranched alkanes of at least 4 members (excludes halogenated alkanes) is 43. The molecular formula is C74H137NO10. The van der Waals surface area contributed by atoms with Crippen LogP contribution < -0.4 is 5.32 Å². The molecule has 1 aliphatic rings. The zero-order valence-corrected chi connectivity index (χ0v) is 55.5. The molecule has 11 nitrogen and oxygen atoms in total. The Balaban J connectivity index is 2.53. The second kappa shape index (κ2) is 61.8. The molecule has 0 aromatic rings. The van der Waals surface area contributed by atoms with Gasteiger partial charge >= 0.3 is 5.97 Å². The molecule has 1 amide bonds. The standard InChI is InChI=1S/C74H137NO10/c1-4-7-10-13-16-19-22-24-26-28-30-32-33-34-35-36-38-40-42-44-47-50-53-56-59-62-69(79)85-72-71(81)70(80)68(63-76)84-74(72)83-64-65(66(77)60-57-54-51-48-45-21-18-15-12-9-6-3)75-73(82)67(78)61-58-55-52-49-46-43-41-39-37-31-29-27-25-23-20-17-14-11-8-5-2/h17,20,24-27,57,60,65-68,70-72,74,76-78,80-81H,4-16,18-19,21-23,28-56,58-59,61-64H2,1-3H3,(H,75,82)/b20-17-,26-24+,27-25-,60-57+. The number of aliphatic hydroxyl groups excluding tert-OH is 5. The van der Waals surface area contributed by atoms with Crippen molar-refractivity contribution in [1.29, 1.82) is 0 Å². The molecule has 0 aliphatic carbocycles. The van der Waals surface area contributed by atoms with Crippen molar-refractivity contribution in [3.05, 3.63) is 48.6 Å². The van der Waals surface area contributed by atoms with Crippen LogP contribution in [0, 0.1) is 0 Å². The van der Waals surface area contributed by atoms with Gasteiger partial charge in [-0.1, -0.05) is 307 Å². The highest BCUT2D eigenvalue weighted by atomic mass is 16.7. The number of amides is 1. The molecule has 0 bridgehead atoms. The molecular weight excluding hydrogens is 1060 g/mol. The molecule has 1 rings (SSSR count). The van der Waals surface area contributed by atoms with E-state index >= 15 is 0 Å². The van der Waals surface area contributed by atoms with Crippen LogP contribution in [0.25, 0.3) is 0 Å². The van der Waals surface area contributed by atoms with Gasteiger partial charge in [0.25, 0.3) is 0 Å². The van der Waals surface area contributed by atoms with E-state index in [4.69, 9.17) is 14.2 Å². The second-order valence-electron chi connectivity index (χ2n) is 25.3. The molecule has 6 N–H and O–H groups in total. The first-order valence-corrected chi connectivity index (χ1v) is 36.4. The van der Waals surface area contributed by atoms with Crippen LogP contribution in [0.3, 0.4) is 0 Å². The number of aliphatic hydroxyl groups is 5. The predicted octanol–water partition coefficient (Wildman–Crippen LogP) is 18.7. The molecule has 0 radical (unpaired) electrons. The normalized spacial score (nSPS) is 18.6. The van der Waals surface area contributed by atoms with E-state index in [1.54, 1.807) is 6.08 Å². The minimum absolute atomic E-state index is 0.126. The first-order valence-electron chi connectivity index (χ1n) is 36.4. The van der Waals surface area contributed by atoms with Gasteiger partial charge in [0.15, 0.2) is 12.4 Å². The fourth-order valence-corrected chi connectivity index (χ4v) is 11.4. The smallest absolute Gasteiger partial charge is 0.306 e. The summed E-state index contributed by atoms with van der Waals surface area (Å²) in [6, 6.07) is -1.02. The Hall–Kier alpha value is -2.38. The van der Waals surface area contributed by atoms with E-state index < -0.39 is 67.4 Å². The Kier molecular flexibility index (Phi) is 58.7. The molecule has 85 heavy (non-hydrogen) atoms. The quantitative estimate of drug-likeness (QED) is 0.0195. The summed E-state index contributed by atoms with van der Waals surface area (Å²) < 4.78 is 17.7. The van der Waals surface area contributed by atoms with E-state index in [-0.39, 0.29) is 19.4 Å². The third kappa shape index (κ3) is 49.1. The van der Waals surface area contributed by atoms with E-state index in [9.17, 15) is 35.1 Å². The number of carbonyl (C=O) groups is 2. The van der Waals surface area contributed by atoms with Crippen LogP contribution in [0.15, 0.2) is 48.6 Å². The molecule has 0 spiro atoms. The molecule has 1 saturated heterocycles. The van der Waals surface area contributed by atoms with E-state index in [0.29, 0.717) is 12.8 Å². The first-order chi connectivity index (χ1) is 41.7. The van der Waals surface area contributed by atoms with Gasteiger partial charge in [0.05, 0.1) is 25.4 Å². The molecule has 0 aromatic carbocycles. The van der Waals surface area contributed by atoms with Gasteiger partial charge < -0.3 is 45.1 Å². The highest BCUT2D eigenvalue weighted by Crippen LogP contribution is 2.26. The number of allylic oxidation sites excluding steroid dienone is 7. The van der Waals surface area contributed by atoms with Gasteiger partial charge in [-0.25, -0.2) is 0 Å². The van der Waals surface area contributed by atoms with Gasteiger partial charge in [0.2, 0.25) is 5.91 Å². The lowest BCUT2D eigenvalue weighted by Crippen LogP contribution is -2.61. The van der Waals surface area contributed by atoms with Gasteiger partial charge in [-0.15, -0.1) is 0 Å². The molecule has 0 saturated carbocycles. The van der Waals surface area contributed by atoms with Crippen LogP contribution in [0.4, 0.5) is 0 Å². The van der Waals surface area contributed by atoms with Gasteiger partial charge in [0, 0.05) is 6.42 Å². The van der Waals surface area contributed by atoms with Crippen molar-refractivity contribution in [1.82, 2.24) is 5.32 Å². The molecule has 1 aliphatic heterocycles. The maximum Gasteiger partial charge on any atom is 0.306 e. The van der Waals surface area contributed by atoms with Crippen molar-refractivity contribution in [2.24, 2.45) is 0 Å². The lowest BCUT2D eigenvalue weighted by molar-refractivity contribution is -0.305. The fourth-order valence-electron chi connectivity index (χ4n) is 11.4. The molecule has 498 valence electrons. The van der Waals surface area contributed by atoms with E-state index in [0.717, 1.165) is 70.6 Å². The number of hydrogen-bond donors (Lipinski definition) is 6. The van der Waals surface area contributed by atoms with Crippen molar-refractivity contribution >= 4 is 11.9 Å². The molecule has 8 atom stereocenters. The summed E-state index contributed by atoms with van der Waals surface area (Å²) in [4.78, 5) is 26.7. The largest absolute Gasteiger partial charge is 0.454 e. The predicted molar refractivity (Wildman–Crippen MR) is 357 cm³/mol. The topological polar surface area (TPSA) is 175 Å². The van der Waals surface area contributed by atoms with Gasteiger partial charge in [0.1, 0.15) is 24.4 Å². The van der Waals surface area contributed by atoms with E-state index in [1.807, 2.05) is 6.08 Å². The number of nitrogens with one attached hydrogen (secondary N) is 1. The number of ether oxygens (including phenoxy) is 3. The van der Waals surface area contributed by atoms with Crippen LogP contribution in [0.1, 0.15) is 348 Å². The van der Waals surface area contributed by atoms with Crippen molar-refractivity contribution in [3.63, 3.8) is 0 Å². The van der Waals surface area contributed by atoms with Crippen LogP contribution >= 0.6 is 0 Å². The van der Waals surface area contributed by atoms with E-state index in [2.05, 4.69) is 62.5 Å². The number of hydrogen-bond acceptors (Lipinski definition) is 10. The Morgan fingerprint density at radius 1 is 0.459 bits per heavy atom. The number of rotatable bonds is 63. The van der Waals surface area contributed by atoms with Gasteiger partial charge in [-0.05, 0) is 83.5 Å². The summed E-state index contributed by atoms with van der Waals surface area (Å²) in [5, 5.41) is 57.2. The van der Waals surface area contributed by atoms with Crippen LogP contribution in [-0.4, -0.2) is 99.6 Å². The lowest BCUT2D eigenvalue weighted by atomic mass is 9.99. The summed E-state index contributed by atoms with van der Waals surface area (Å²) in [7, 11) is 0. The average molecular weight is 1200 g/mol. The van der Waals surface area contributed by atoms with Crippen LogP contribution in [0.2, 0.25) is 0 Å². The third-order valence-corrected chi connectivity index (χ3v) is 17.2. The maximum absolute atomic E-state index is 13.5. The Morgan fingerprint density at radius 3 is 1.24 bits per heavy atom. The second-order valence-corrected chi connectivity index (χ2v) is 25.3. The average Bonchev–Trinajstić information content (AvgIpc) is 3.60. The zero-order valence-electron chi connectivity index (χ0n) is 55.5. The van der Waals surface area contributed by atoms with Crippen molar-refractivity contribution in [3.8, 4) is 0 Å². The third-order valence-electron chi connectivity index (χ3n) is 17.2. The lowest BCUT2D eigenvalue weighted by Gasteiger charge is -2.41. The summed E-state index contributed by atoms with van der Waals surface area (Å²) in [5.41, 5.74) is 0. The van der Waals surface area contributed by atoms with Crippen molar-refractivity contribution in [2.75, 3.05) is 13.2 Å². The minimum atomic E-state index is -1.61. The Morgan fingerprint density at radius 2 is 0.812 bits per heavy atom. The molecule has 11 heteroatoms. The monoisotopic (exact) mass is 1200 g/mol. The fraction of sp³-hybridized carbons (Fsp3) is 0.865. The molecule has 1 heterocycles. The maximum atomic E-state index is 13.5. The Bertz CT molecular complexity index is 1570. The molecule has 8 unspecified atom stereocenters. The highest BCUT2D eigenvalue weighted by molar-refractivity contribution is 5.80. The summed E-state index contributed by atoms with van der Waals surface area (Å²) in [6.07, 6.45) is 67.3. The zero-order chi connectivity index (χ0) is 61.7.